The molecule has 0 spiro atoms. The Kier molecular flexibility index (Phi) is 6.24. The molecule has 1 aliphatic rings. The molecule has 120 valence electrons. The summed E-state index contributed by atoms with van der Waals surface area (Å²) >= 11 is 0. The van der Waals surface area contributed by atoms with Crippen LogP contribution < -0.4 is 5.32 Å². The molecule has 1 saturated carbocycles. The Bertz CT molecular complexity index is 407. The van der Waals surface area contributed by atoms with Crippen molar-refractivity contribution in [2.75, 3.05) is 13.6 Å². The summed E-state index contributed by atoms with van der Waals surface area (Å²) in [5, 5.41) is 8.30. The predicted molar refractivity (Wildman–Crippen MR) is 88.4 cm³/mol. The first-order valence-corrected chi connectivity index (χ1v) is 8.61. The molecule has 1 heterocycles. The Morgan fingerprint density at radius 1 is 1.33 bits per heavy atom. The van der Waals surface area contributed by atoms with Gasteiger partial charge in [-0.2, -0.15) is 5.10 Å². The minimum absolute atomic E-state index is 0.500. The summed E-state index contributed by atoms with van der Waals surface area (Å²) in [5.41, 5.74) is 1.20. The lowest BCUT2D eigenvalue weighted by molar-refractivity contribution is 0.166. The smallest absolute Gasteiger partial charge is 0.0764 e. The second-order valence-corrected chi connectivity index (χ2v) is 6.52. The standard InChI is InChI=1S/C17H32N4/c1-5-14(3)21-12-11-16(19-21)13-20(4)17-9-7-15(8-10-17)18-6-2/h11-12,14-15,17-18H,5-10,13H2,1-4H3. The lowest BCUT2D eigenvalue weighted by atomic mass is 9.90. The maximum Gasteiger partial charge on any atom is 0.0764 e. The molecule has 21 heavy (non-hydrogen) atoms. The second-order valence-electron chi connectivity index (χ2n) is 6.52. The van der Waals surface area contributed by atoms with E-state index in [2.05, 4.69) is 55.0 Å². The molecule has 1 aromatic heterocycles. The molecular weight excluding hydrogens is 260 g/mol. The van der Waals surface area contributed by atoms with E-state index in [1.807, 2.05) is 0 Å². The van der Waals surface area contributed by atoms with Gasteiger partial charge in [-0.05, 0) is 58.7 Å². The first kappa shape index (κ1) is 16.5. The molecule has 1 N–H and O–H groups in total. The van der Waals surface area contributed by atoms with Gasteiger partial charge >= 0.3 is 0 Å². The first-order chi connectivity index (χ1) is 10.1. The van der Waals surface area contributed by atoms with Gasteiger partial charge in [0.2, 0.25) is 0 Å². The van der Waals surface area contributed by atoms with Crippen LogP contribution in [-0.2, 0) is 6.54 Å². The SMILES string of the molecule is CCNC1CCC(N(C)Cc2ccn(C(C)CC)n2)CC1. The van der Waals surface area contributed by atoms with Crippen LogP contribution in [0, 0.1) is 0 Å². The first-order valence-electron chi connectivity index (χ1n) is 8.61. The molecule has 1 atom stereocenters. The van der Waals surface area contributed by atoms with Crippen LogP contribution in [0.3, 0.4) is 0 Å². The van der Waals surface area contributed by atoms with Crippen LogP contribution in [0.2, 0.25) is 0 Å². The van der Waals surface area contributed by atoms with Gasteiger partial charge in [0.25, 0.3) is 0 Å². The van der Waals surface area contributed by atoms with Gasteiger partial charge < -0.3 is 5.32 Å². The molecule has 0 bridgehead atoms. The Labute approximate surface area is 129 Å². The van der Waals surface area contributed by atoms with Gasteiger partial charge in [-0.15, -0.1) is 0 Å². The molecule has 1 aromatic rings. The third kappa shape index (κ3) is 4.55. The predicted octanol–water partition coefficient (Wildman–Crippen LogP) is 3.21. The minimum atomic E-state index is 0.500. The van der Waals surface area contributed by atoms with Gasteiger partial charge in [0.05, 0.1) is 5.69 Å². The molecule has 1 unspecified atom stereocenters. The second kappa shape index (κ2) is 7.95. The molecule has 0 saturated heterocycles. The molecule has 0 aliphatic heterocycles. The van der Waals surface area contributed by atoms with E-state index in [4.69, 9.17) is 5.10 Å². The summed E-state index contributed by atoms with van der Waals surface area (Å²) in [4.78, 5) is 2.49. The molecule has 4 heteroatoms. The van der Waals surface area contributed by atoms with E-state index in [0.717, 1.165) is 25.6 Å². The number of rotatable bonds is 7. The summed E-state index contributed by atoms with van der Waals surface area (Å²) in [7, 11) is 2.25. The van der Waals surface area contributed by atoms with Gasteiger partial charge in [-0.25, -0.2) is 0 Å². The number of aromatic nitrogens is 2. The van der Waals surface area contributed by atoms with Crippen molar-refractivity contribution >= 4 is 0 Å². The summed E-state index contributed by atoms with van der Waals surface area (Å²) < 4.78 is 2.10. The summed E-state index contributed by atoms with van der Waals surface area (Å²) in [6.45, 7) is 8.70. The molecule has 2 rings (SSSR count). The van der Waals surface area contributed by atoms with Crippen LogP contribution >= 0.6 is 0 Å². The third-order valence-electron chi connectivity index (χ3n) is 4.93. The molecule has 0 aromatic carbocycles. The molecule has 1 aliphatic carbocycles. The van der Waals surface area contributed by atoms with Crippen molar-refractivity contribution in [1.82, 2.24) is 20.0 Å². The number of nitrogens with one attached hydrogen (secondary N) is 1. The van der Waals surface area contributed by atoms with Crippen LogP contribution in [0.25, 0.3) is 0 Å². The normalized spacial score (nSPS) is 24.4. The number of nitrogens with zero attached hydrogens (tertiary/aromatic N) is 3. The van der Waals surface area contributed by atoms with Gasteiger partial charge in [-0.1, -0.05) is 13.8 Å². The van der Waals surface area contributed by atoms with E-state index in [1.165, 1.54) is 31.4 Å². The van der Waals surface area contributed by atoms with E-state index in [9.17, 15) is 0 Å². The monoisotopic (exact) mass is 292 g/mol. The lowest BCUT2D eigenvalue weighted by Crippen LogP contribution is -2.40. The maximum atomic E-state index is 4.72. The highest BCUT2D eigenvalue weighted by atomic mass is 15.3. The Hall–Kier alpha value is -0.870. The van der Waals surface area contributed by atoms with Crippen LogP contribution in [-0.4, -0.2) is 40.4 Å². The van der Waals surface area contributed by atoms with Crippen molar-refractivity contribution in [3.8, 4) is 0 Å². The van der Waals surface area contributed by atoms with Crippen molar-refractivity contribution < 1.29 is 0 Å². The van der Waals surface area contributed by atoms with E-state index in [0.29, 0.717) is 12.1 Å². The largest absolute Gasteiger partial charge is 0.314 e. The molecule has 1 fully saturated rings. The highest BCUT2D eigenvalue weighted by Gasteiger charge is 2.23. The highest BCUT2D eigenvalue weighted by Crippen LogP contribution is 2.23. The molecular formula is C17H32N4. The quantitative estimate of drug-likeness (QED) is 0.838. The van der Waals surface area contributed by atoms with Crippen molar-refractivity contribution in [3.05, 3.63) is 18.0 Å². The van der Waals surface area contributed by atoms with E-state index in [1.54, 1.807) is 0 Å². The summed E-state index contributed by atoms with van der Waals surface area (Å²) in [5.74, 6) is 0. The maximum absolute atomic E-state index is 4.72. The van der Waals surface area contributed by atoms with E-state index < -0.39 is 0 Å². The Morgan fingerprint density at radius 2 is 2.05 bits per heavy atom. The third-order valence-corrected chi connectivity index (χ3v) is 4.93. The van der Waals surface area contributed by atoms with Crippen molar-refractivity contribution in [3.63, 3.8) is 0 Å². The zero-order valence-electron chi connectivity index (χ0n) is 14.2. The minimum Gasteiger partial charge on any atom is -0.314 e. The topological polar surface area (TPSA) is 33.1 Å². The van der Waals surface area contributed by atoms with E-state index in [-0.39, 0.29) is 0 Å². The zero-order valence-corrected chi connectivity index (χ0v) is 14.2. The Balaban J connectivity index is 1.82. The fourth-order valence-corrected chi connectivity index (χ4v) is 3.29. The Morgan fingerprint density at radius 3 is 2.67 bits per heavy atom. The summed E-state index contributed by atoms with van der Waals surface area (Å²) in [6.07, 6.45) is 8.49. The van der Waals surface area contributed by atoms with Crippen LogP contribution in [0.1, 0.15) is 64.6 Å². The highest BCUT2D eigenvalue weighted by molar-refractivity contribution is 5.00. The average molecular weight is 292 g/mol. The van der Waals surface area contributed by atoms with Gasteiger partial charge in [0.1, 0.15) is 0 Å². The van der Waals surface area contributed by atoms with Gasteiger partial charge in [0, 0.05) is 30.9 Å². The lowest BCUT2D eigenvalue weighted by Gasteiger charge is -2.34. The fourth-order valence-electron chi connectivity index (χ4n) is 3.29. The zero-order chi connectivity index (χ0) is 15.2. The molecule has 0 amide bonds. The molecule has 0 radical (unpaired) electrons. The van der Waals surface area contributed by atoms with Crippen molar-refractivity contribution in [2.24, 2.45) is 0 Å². The van der Waals surface area contributed by atoms with Crippen molar-refractivity contribution in [2.45, 2.75) is 77.5 Å². The van der Waals surface area contributed by atoms with E-state index >= 15 is 0 Å². The van der Waals surface area contributed by atoms with Crippen LogP contribution in [0.5, 0.6) is 0 Å². The summed E-state index contributed by atoms with van der Waals surface area (Å²) in [6, 6.07) is 4.13. The van der Waals surface area contributed by atoms with Crippen LogP contribution in [0.4, 0.5) is 0 Å². The average Bonchev–Trinajstić information content (AvgIpc) is 2.96. The van der Waals surface area contributed by atoms with Gasteiger partial charge in [-0.3, -0.25) is 9.58 Å². The molecule has 4 nitrogen and oxygen atoms in total. The number of hydrogen-bond acceptors (Lipinski definition) is 3. The fraction of sp³-hybridized carbons (Fsp3) is 0.824. The van der Waals surface area contributed by atoms with Crippen LogP contribution in [0.15, 0.2) is 12.3 Å². The van der Waals surface area contributed by atoms with Crippen molar-refractivity contribution in [1.29, 1.82) is 0 Å². The number of hydrogen-bond donors (Lipinski definition) is 1. The van der Waals surface area contributed by atoms with Gasteiger partial charge in [0.15, 0.2) is 0 Å².